The Morgan fingerprint density at radius 1 is 1.50 bits per heavy atom. The fourth-order valence-electron chi connectivity index (χ4n) is 1.44. The van der Waals surface area contributed by atoms with Gasteiger partial charge in [0.25, 0.3) is 5.91 Å². The summed E-state index contributed by atoms with van der Waals surface area (Å²) in [6.07, 6.45) is 1.40. The molecular weight excluding hydrogens is 256 g/mol. The number of carbonyl (C=O) groups is 1. The second kappa shape index (κ2) is 5.85. The summed E-state index contributed by atoms with van der Waals surface area (Å²) in [5, 5.41) is 6.47. The predicted octanol–water partition coefficient (Wildman–Crippen LogP) is -0.350. The normalized spacial score (nSPS) is 11.4. The summed E-state index contributed by atoms with van der Waals surface area (Å²) >= 11 is 0. The quantitative estimate of drug-likeness (QED) is 0.737. The fraction of sp³-hybridized carbons (Fsp3) is 0.600. The molecule has 7 nitrogen and oxygen atoms in total. The Bertz CT molecular complexity index is 521. The molecule has 0 aliphatic heterocycles. The van der Waals surface area contributed by atoms with Gasteiger partial charge in [0, 0.05) is 18.8 Å². The van der Waals surface area contributed by atoms with E-state index in [1.165, 1.54) is 10.9 Å². The van der Waals surface area contributed by atoms with Gasteiger partial charge in [0.05, 0.1) is 17.6 Å². The van der Waals surface area contributed by atoms with Crippen molar-refractivity contribution in [1.29, 1.82) is 0 Å². The summed E-state index contributed by atoms with van der Waals surface area (Å²) in [6, 6.07) is 0. The summed E-state index contributed by atoms with van der Waals surface area (Å²) in [5.41, 5.74) is 6.19. The predicted molar refractivity (Wildman–Crippen MR) is 69.0 cm³/mol. The van der Waals surface area contributed by atoms with Crippen LogP contribution in [-0.2, 0) is 16.4 Å². The van der Waals surface area contributed by atoms with Gasteiger partial charge in [0.1, 0.15) is 5.69 Å². The fourth-order valence-corrected chi connectivity index (χ4v) is 2.14. The van der Waals surface area contributed by atoms with E-state index in [1.807, 2.05) is 6.92 Å². The minimum absolute atomic E-state index is 0.0674. The molecule has 0 aromatic carbocycles. The lowest BCUT2D eigenvalue weighted by Gasteiger charge is -2.07. The van der Waals surface area contributed by atoms with Gasteiger partial charge in [0.15, 0.2) is 9.84 Å². The van der Waals surface area contributed by atoms with E-state index >= 15 is 0 Å². The number of anilines is 1. The van der Waals surface area contributed by atoms with Crippen molar-refractivity contribution in [3.05, 3.63) is 11.9 Å². The van der Waals surface area contributed by atoms with Crippen LogP contribution in [0.2, 0.25) is 0 Å². The largest absolute Gasteiger partial charge is 0.396 e. The van der Waals surface area contributed by atoms with Crippen molar-refractivity contribution in [1.82, 2.24) is 15.1 Å². The minimum Gasteiger partial charge on any atom is -0.396 e. The smallest absolute Gasteiger partial charge is 0.271 e. The van der Waals surface area contributed by atoms with Crippen LogP contribution < -0.4 is 11.1 Å². The van der Waals surface area contributed by atoms with Crippen LogP contribution in [0.15, 0.2) is 6.20 Å². The number of carbonyl (C=O) groups excluding carboxylic acids is 1. The first-order valence-corrected chi connectivity index (χ1v) is 7.53. The van der Waals surface area contributed by atoms with E-state index in [0.717, 1.165) is 0 Å². The highest BCUT2D eigenvalue weighted by molar-refractivity contribution is 7.91. The van der Waals surface area contributed by atoms with Gasteiger partial charge in [0.2, 0.25) is 0 Å². The molecule has 0 fully saturated rings. The third kappa shape index (κ3) is 3.46. The van der Waals surface area contributed by atoms with E-state index in [0.29, 0.717) is 6.54 Å². The molecule has 0 bridgehead atoms. The maximum absolute atomic E-state index is 11.8. The SMILES string of the molecule is CCn1ncc(N)c1C(=O)NCCS(=O)(=O)CC. The highest BCUT2D eigenvalue weighted by Crippen LogP contribution is 2.10. The summed E-state index contributed by atoms with van der Waals surface area (Å²) in [6.45, 7) is 4.00. The number of sulfone groups is 1. The number of hydrogen-bond donors (Lipinski definition) is 2. The average molecular weight is 274 g/mol. The first-order chi connectivity index (χ1) is 8.41. The minimum atomic E-state index is -3.08. The second-order valence-electron chi connectivity index (χ2n) is 3.76. The Hall–Kier alpha value is -1.57. The Balaban J connectivity index is 2.64. The zero-order chi connectivity index (χ0) is 13.8. The third-order valence-electron chi connectivity index (χ3n) is 2.52. The van der Waals surface area contributed by atoms with Crippen molar-refractivity contribution in [2.75, 3.05) is 23.8 Å². The van der Waals surface area contributed by atoms with Gasteiger partial charge in [-0.1, -0.05) is 6.92 Å². The molecule has 0 atom stereocenters. The van der Waals surface area contributed by atoms with Gasteiger partial charge in [-0.15, -0.1) is 0 Å². The van der Waals surface area contributed by atoms with Gasteiger partial charge >= 0.3 is 0 Å². The molecular formula is C10H18N4O3S. The highest BCUT2D eigenvalue weighted by Gasteiger charge is 2.16. The number of nitrogen functional groups attached to an aromatic ring is 1. The van der Waals surface area contributed by atoms with E-state index in [9.17, 15) is 13.2 Å². The van der Waals surface area contributed by atoms with Crippen LogP contribution in [0.3, 0.4) is 0 Å². The molecule has 102 valence electrons. The molecule has 0 unspecified atom stereocenters. The number of hydrogen-bond acceptors (Lipinski definition) is 5. The molecule has 1 aromatic heterocycles. The van der Waals surface area contributed by atoms with Crippen molar-refractivity contribution in [3.63, 3.8) is 0 Å². The Labute approximate surface area is 106 Å². The van der Waals surface area contributed by atoms with Crippen LogP contribution >= 0.6 is 0 Å². The van der Waals surface area contributed by atoms with E-state index in [1.54, 1.807) is 6.92 Å². The first kappa shape index (κ1) is 14.5. The highest BCUT2D eigenvalue weighted by atomic mass is 32.2. The van der Waals surface area contributed by atoms with E-state index in [2.05, 4.69) is 10.4 Å². The van der Waals surface area contributed by atoms with Crippen molar-refractivity contribution in [2.24, 2.45) is 0 Å². The van der Waals surface area contributed by atoms with Crippen molar-refractivity contribution >= 4 is 21.4 Å². The molecule has 0 spiro atoms. The van der Waals surface area contributed by atoms with Crippen LogP contribution in [0.5, 0.6) is 0 Å². The molecule has 1 amide bonds. The van der Waals surface area contributed by atoms with E-state index in [-0.39, 0.29) is 29.4 Å². The number of aryl methyl sites for hydroxylation is 1. The van der Waals surface area contributed by atoms with Gasteiger partial charge in [-0.25, -0.2) is 8.42 Å². The standard InChI is InChI=1S/C10H18N4O3S/c1-3-14-9(8(11)7-13-14)10(15)12-5-6-18(16,17)4-2/h7H,3-6,11H2,1-2H3,(H,12,15). The summed E-state index contributed by atoms with van der Waals surface area (Å²) in [7, 11) is -3.08. The van der Waals surface area contributed by atoms with Crippen LogP contribution in [0.4, 0.5) is 5.69 Å². The molecule has 3 N–H and O–H groups in total. The third-order valence-corrected chi connectivity index (χ3v) is 4.23. The van der Waals surface area contributed by atoms with Gasteiger partial charge in [-0.05, 0) is 6.92 Å². The van der Waals surface area contributed by atoms with Gasteiger partial charge in [-0.3, -0.25) is 9.48 Å². The molecule has 1 heterocycles. The monoisotopic (exact) mass is 274 g/mol. The molecule has 8 heteroatoms. The van der Waals surface area contributed by atoms with Crippen LogP contribution in [0, 0.1) is 0 Å². The molecule has 0 saturated heterocycles. The molecule has 18 heavy (non-hydrogen) atoms. The number of nitrogens with two attached hydrogens (primary N) is 1. The maximum Gasteiger partial charge on any atom is 0.271 e. The number of rotatable bonds is 6. The number of nitrogens with one attached hydrogen (secondary N) is 1. The van der Waals surface area contributed by atoms with Crippen LogP contribution in [0.25, 0.3) is 0 Å². The van der Waals surface area contributed by atoms with Crippen molar-refractivity contribution in [3.8, 4) is 0 Å². The zero-order valence-electron chi connectivity index (χ0n) is 10.5. The lowest BCUT2D eigenvalue weighted by Crippen LogP contribution is -2.31. The summed E-state index contributed by atoms with van der Waals surface area (Å²) in [5.74, 6) is -0.411. The van der Waals surface area contributed by atoms with Crippen molar-refractivity contribution in [2.45, 2.75) is 20.4 Å². The Kier molecular flexibility index (Phi) is 4.71. The van der Waals surface area contributed by atoms with Gasteiger partial charge in [-0.2, -0.15) is 5.10 Å². The first-order valence-electron chi connectivity index (χ1n) is 5.71. The molecule has 1 aromatic rings. The molecule has 0 aliphatic carbocycles. The van der Waals surface area contributed by atoms with E-state index < -0.39 is 15.7 Å². The topological polar surface area (TPSA) is 107 Å². The zero-order valence-corrected chi connectivity index (χ0v) is 11.3. The van der Waals surface area contributed by atoms with Crippen LogP contribution in [-0.4, -0.2) is 42.2 Å². The average Bonchev–Trinajstić information content (AvgIpc) is 2.70. The maximum atomic E-state index is 11.8. The van der Waals surface area contributed by atoms with Gasteiger partial charge < -0.3 is 11.1 Å². The summed E-state index contributed by atoms with van der Waals surface area (Å²) < 4.78 is 24.0. The molecule has 0 saturated carbocycles. The Morgan fingerprint density at radius 3 is 2.72 bits per heavy atom. The number of amides is 1. The number of nitrogens with zero attached hydrogens (tertiary/aromatic N) is 2. The van der Waals surface area contributed by atoms with E-state index in [4.69, 9.17) is 5.73 Å². The summed E-state index contributed by atoms with van der Waals surface area (Å²) in [4.78, 5) is 11.8. The lowest BCUT2D eigenvalue weighted by atomic mass is 10.3. The molecule has 0 aliphatic rings. The number of aromatic nitrogens is 2. The molecule has 0 radical (unpaired) electrons. The molecule has 1 rings (SSSR count). The van der Waals surface area contributed by atoms with Crippen LogP contribution in [0.1, 0.15) is 24.3 Å². The Morgan fingerprint density at radius 2 is 2.17 bits per heavy atom. The lowest BCUT2D eigenvalue weighted by molar-refractivity contribution is 0.0946. The van der Waals surface area contributed by atoms with Crippen molar-refractivity contribution < 1.29 is 13.2 Å². The second-order valence-corrected chi connectivity index (χ2v) is 6.23.